The molecule has 7 unspecified atom stereocenters. The summed E-state index contributed by atoms with van der Waals surface area (Å²) in [5.41, 5.74) is 16.1. The number of hydrogen-bond acceptors (Lipinski definition) is 9. The van der Waals surface area contributed by atoms with E-state index in [0.29, 0.717) is 32.2 Å². The summed E-state index contributed by atoms with van der Waals surface area (Å²) in [6.07, 6.45) is 1.61. The molecule has 0 saturated heterocycles. The van der Waals surface area contributed by atoms with E-state index >= 15 is 0 Å². The number of carbonyl (C=O) groups excluding carboxylic acids is 6. The first-order chi connectivity index (χ1) is 21.0. The lowest BCUT2D eigenvalue weighted by Gasteiger charge is -2.30. The lowest BCUT2D eigenvalue weighted by Crippen LogP contribution is -2.61. The molecule has 0 aromatic carbocycles. The Labute approximate surface area is 265 Å². The van der Waals surface area contributed by atoms with Crippen molar-refractivity contribution < 1.29 is 38.7 Å². The number of aliphatic carboxylic acids is 1. The molecule has 0 fully saturated rings. The highest BCUT2D eigenvalue weighted by atomic mass is 16.4. The molecule has 6 amide bonds. The molecule has 0 aromatic heterocycles. The molecule has 0 bridgehead atoms. The molecule has 0 aliphatic heterocycles. The number of rotatable bonds is 22. The summed E-state index contributed by atoms with van der Waals surface area (Å²) >= 11 is 0. The van der Waals surface area contributed by atoms with Gasteiger partial charge in [0.25, 0.3) is 0 Å². The highest BCUT2D eigenvalue weighted by molar-refractivity contribution is 5.96. The van der Waals surface area contributed by atoms with Crippen LogP contribution in [0.4, 0.5) is 0 Å². The maximum absolute atomic E-state index is 13.5. The van der Waals surface area contributed by atoms with E-state index in [1.807, 2.05) is 6.92 Å². The Morgan fingerprint density at radius 2 is 1.11 bits per heavy atom. The number of primary amides is 1. The smallest absolute Gasteiger partial charge is 0.326 e. The summed E-state index contributed by atoms with van der Waals surface area (Å²) in [7, 11) is 0. The maximum atomic E-state index is 13.5. The molecular formula is C29H54N8O8. The third-order valence-corrected chi connectivity index (χ3v) is 7.64. The fourth-order valence-electron chi connectivity index (χ4n) is 4.35. The molecule has 0 rings (SSSR count). The van der Waals surface area contributed by atoms with Gasteiger partial charge in [-0.2, -0.15) is 0 Å². The van der Waals surface area contributed by atoms with Gasteiger partial charge in [0.15, 0.2) is 0 Å². The molecule has 7 atom stereocenters. The van der Waals surface area contributed by atoms with Crippen LogP contribution in [-0.2, 0) is 33.6 Å². The van der Waals surface area contributed by atoms with Gasteiger partial charge in [-0.15, -0.1) is 0 Å². The topological polar surface area (TPSA) is 278 Å². The number of carboxylic acids is 1. The van der Waals surface area contributed by atoms with E-state index in [1.54, 1.807) is 34.6 Å². The van der Waals surface area contributed by atoms with E-state index in [4.69, 9.17) is 17.2 Å². The second kappa shape index (κ2) is 21.0. The maximum Gasteiger partial charge on any atom is 0.326 e. The van der Waals surface area contributed by atoms with Crippen molar-refractivity contribution in [3.63, 3.8) is 0 Å². The Morgan fingerprint density at radius 3 is 1.53 bits per heavy atom. The van der Waals surface area contributed by atoms with Crippen molar-refractivity contribution in [2.75, 3.05) is 13.1 Å². The van der Waals surface area contributed by atoms with Gasteiger partial charge in [0.2, 0.25) is 35.4 Å². The predicted octanol–water partition coefficient (Wildman–Crippen LogP) is -1.79. The summed E-state index contributed by atoms with van der Waals surface area (Å²) in [4.78, 5) is 88.2. The Bertz CT molecular complexity index is 1020. The number of unbranched alkanes of at least 4 members (excludes halogenated alkanes) is 1. The molecule has 16 heteroatoms. The van der Waals surface area contributed by atoms with Crippen LogP contribution in [0.5, 0.6) is 0 Å². The highest BCUT2D eigenvalue weighted by Crippen LogP contribution is 2.13. The van der Waals surface area contributed by atoms with Crippen LogP contribution < -0.4 is 43.8 Å². The predicted molar refractivity (Wildman–Crippen MR) is 167 cm³/mol. The van der Waals surface area contributed by atoms with Crippen LogP contribution in [0, 0.1) is 17.8 Å². The van der Waals surface area contributed by atoms with Crippen molar-refractivity contribution in [1.29, 1.82) is 0 Å². The van der Waals surface area contributed by atoms with Crippen LogP contribution in [0.25, 0.3) is 0 Å². The minimum Gasteiger partial charge on any atom is -0.480 e. The number of amides is 6. The van der Waals surface area contributed by atoms with Gasteiger partial charge in [0, 0.05) is 0 Å². The van der Waals surface area contributed by atoms with Crippen LogP contribution in [-0.4, -0.2) is 89.8 Å². The molecule has 45 heavy (non-hydrogen) atoms. The zero-order valence-corrected chi connectivity index (χ0v) is 27.3. The van der Waals surface area contributed by atoms with E-state index in [0.717, 1.165) is 0 Å². The molecule has 0 aromatic rings. The minimum absolute atomic E-state index is 0.202. The summed E-state index contributed by atoms with van der Waals surface area (Å²) < 4.78 is 0. The van der Waals surface area contributed by atoms with Crippen LogP contribution in [0.2, 0.25) is 0 Å². The van der Waals surface area contributed by atoms with Gasteiger partial charge < -0.3 is 48.9 Å². The first-order valence-corrected chi connectivity index (χ1v) is 15.5. The second-order valence-electron chi connectivity index (χ2n) is 11.7. The van der Waals surface area contributed by atoms with Crippen LogP contribution in [0.15, 0.2) is 0 Å². The quantitative estimate of drug-likeness (QED) is 0.0598. The number of nitrogens with two attached hydrogens (primary N) is 3. The van der Waals surface area contributed by atoms with Crippen molar-refractivity contribution in [3.05, 3.63) is 0 Å². The zero-order valence-electron chi connectivity index (χ0n) is 27.3. The number of nitrogens with one attached hydrogen (secondary N) is 5. The third-order valence-electron chi connectivity index (χ3n) is 7.64. The van der Waals surface area contributed by atoms with Crippen molar-refractivity contribution >= 4 is 41.4 Å². The minimum atomic E-state index is -1.59. The Morgan fingerprint density at radius 1 is 0.644 bits per heavy atom. The van der Waals surface area contributed by atoms with Gasteiger partial charge >= 0.3 is 5.97 Å². The summed E-state index contributed by atoms with van der Waals surface area (Å²) in [5, 5.41) is 22.2. The Balaban J connectivity index is 6.05. The van der Waals surface area contributed by atoms with E-state index in [9.17, 15) is 38.7 Å². The molecule has 0 aliphatic rings. The second-order valence-corrected chi connectivity index (χ2v) is 11.7. The summed E-state index contributed by atoms with van der Waals surface area (Å²) in [5.74, 6) is -6.89. The first-order valence-electron chi connectivity index (χ1n) is 15.5. The first kappa shape index (κ1) is 41.2. The third kappa shape index (κ3) is 14.7. The number of carbonyl (C=O) groups is 7. The zero-order chi connectivity index (χ0) is 34.9. The van der Waals surface area contributed by atoms with Gasteiger partial charge in [0.1, 0.15) is 30.2 Å². The molecule has 258 valence electrons. The van der Waals surface area contributed by atoms with Crippen molar-refractivity contribution in [1.82, 2.24) is 26.6 Å². The van der Waals surface area contributed by atoms with Gasteiger partial charge in [-0.1, -0.05) is 54.4 Å². The largest absolute Gasteiger partial charge is 0.480 e. The van der Waals surface area contributed by atoms with Crippen LogP contribution in [0.1, 0.15) is 80.1 Å². The Kier molecular flexibility index (Phi) is 19.3. The molecule has 0 spiro atoms. The fourth-order valence-corrected chi connectivity index (χ4v) is 4.35. The molecule has 16 nitrogen and oxygen atoms in total. The monoisotopic (exact) mass is 642 g/mol. The molecular weight excluding hydrogens is 588 g/mol. The van der Waals surface area contributed by atoms with Gasteiger partial charge in [0.05, 0.1) is 13.0 Å². The highest BCUT2D eigenvalue weighted by Gasteiger charge is 2.35. The summed E-state index contributed by atoms with van der Waals surface area (Å²) in [6, 6.07) is -5.95. The number of carboxylic acid groups (broad SMARTS) is 1. The van der Waals surface area contributed by atoms with Crippen molar-refractivity contribution in [2.45, 2.75) is 110 Å². The lowest BCUT2D eigenvalue weighted by molar-refractivity contribution is -0.144. The average molecular weight is 643 g/mol. The molecule has 0 saturated carbocycles. The summed E-state index contributed by atoms with van der Waals surface area (Å²) in [6.45, 7) is 10.5. The van der Waals surface area contributed by atoms with Gasteiger partial charge in [-0.25, -0.2) is 4.79 Å². The van der Waals surface area contributed by atoms with E-state index in [2.05, 4.69) is 26.6 Å². The molecule has 12 N–H and O–H groups in total. The normalized spacial score (nSPS) is 15.8. The number of hydrogen-bond donors (Lipinski definition) is 9. The van der Waals surface area contributed by atoms with E-state index in [-0.39, 0.29) is 18.9 Å². The Hall–Kier alpha value is -3.79. The molecule has 0 heterocycles. The van der Waals surface area contributed by atoms with E-state index < -0.39 is 89.9 Å². The van der Waals surface area contributed by atoms with Crippen molar-refractivity contribution in [3.8, 4) is 0 Å². The van der Waals surface area contributed by atoms with E-state index in [1.165, 1.54) is 0 Å². The van der Waals surface area contributed by atoms with Crippen molar-refractivity contribution in [2.24, 2.45) is 35.0 Å². The standard InChI is InChI=1S/C29H54N8O8/c1-7-16(5)23(35-21(39)14-31)27(42)33-18(11-9-10-12-30)25(40)36-22(15(3)4)26(41)37-24(17(6)8-2)28(43)34-19(29(44)45)13-20(32)38/h15-19,22-24H,7-14,30-31H2,1-6H3,(H2,32,38)(H,33,42)(H,34,43)(H,35,39)(H,36,40)(H,37,41)(H,44,45). The fraction of sp³-hybridized carbons (Fsp3) is 0.759. The van der Waals surface area contributed by atoms with Gasteiger partial charge in [-0.05, 0) is 43.6 Å². The van der Waals surface area contributed by atoms with Crippen LogP contribution in [0.3, 0.4) is 0 Å². The van der Waals surface area contributed by atoms with Gasteiger partial charge in [-0.3, -0.25) is 28.8 Å². The molecule has 0 aliphatic carbocycles. The molecule has 0 radical (unpaired) electrons. The lowest BCUT2D eigenvalue weighted by atomic mass is 9.95. The van der Waals surface area contributed by atoms with Crippen LogP contribution >= 0.6 is 0 Å². The average Bonchev–Trinajstić information content (AvgIpc) is 2.98. The SMILES string of the molecule is CCC(C)C(NC(=O)CN)C(=O)NC(CCCCN)C(=O)NC(C(=O)NC(C(=O)NC(CC(N)=O)C(=O)O)C(C)CC)C(C)C.